The van der Waals surface area contributed by atoms with E-state index in [4.69, 9.17) is 9.47 Å². The number of aryl methyl sites for hydroxylation is 2. The summed E-state index contributed by atoms with van der Waals surface area (Å²) < 4.78 is 25.2. The van der Waals surface area contributed by atoms with Crippen molar-refractivity contribution in [1.29, 1.82) is 0 Å². The Bertz CT molecular complexity index is 762. The molecule has 25 heavy (non-hydrogen) atoms. The highest BCUT2D eigenvalue weighted by Gasteiger charge is 2.27. The average Bonchev–Trinajstić information content (AvgIpc) is 2.63. The first kappa shape index (κ1) is 17.4. The van der Waals surface area contributed by atoms with E-state index in [1.807, 2.05) is 32.0 Å². The molecule has 0 bridgehead atoms. The van der Waals surface area contributed by atoms with Gasteiger partial charge in [0.1, 0.15) is 17.7 Å². The van der Waals surface area contributed by atoms with Gasteiger partial charge in [-0.15, -0.1) is 0 Å². The SMILES string of the molecule is Cc1ccc(OCC(=O)N2CCOC(c3ccccc3F)C2)cc1C. The van der Waals surface area contributed by atoms with Gasteiger partial charge in [-0.3, -0.25) is 4.79 Å². The van der Waals surface area contributed by atoms with Crippen LogP contribution < -0.4 is 4.74 Å². The molecule has 1 fully saturated rings. The Labute approximate surface area is 147 Å². The quantitative estimate of drug-likeness (QED) is 0.854. The van der Waals surface area contributed by atoms with Crippen LogP contribution in [0.25, 0.3) is 0 Å². The normalized spacial score (nSPS) is 17.4. The summed E-state index contributed by atoms with van der Waals surface area (Å²) in [5, 5.41) is 0. The molecule has 1 saturated heterocycles. The zero-order valence-electron chi connectivity index (χ0n) is 14.5. The van der Waals surface area contributed by atoms with E-state index in [-0.39, 0.29) is 18.3 Å². The average molecular weight is 343 g/mol. The molecule has 3 rings (SSSR count). The number of halogens is 1. The molecule has 0 saturated carbocycles. The number of hydrogen-bond acceptors (Lipinski definition) is 3. The third-order valence-electron chi connectivity index (χ3n) is 4.51. The van der Waals surface area contributed by atoms with Gasteiger partial charge in [-0.05, 0) is 43.2 Å². The maximum Gasteiger partial charge on any atom is 0.260 e. The largest absolute Gasteiger partial charge is 0.484 e. The molecule has 0 N–H and O–H groups in total. The second kappa shape index (κ2) is 7.66. The van der Waals surface area contributed by atoms with Gasteiger partial charge in [0.05, 0.1) is 13.2 Å². The lowest BCUT2D eigenvalue weighted by Gasteiger charge is -2.33. The number of rotatable bonds is 4. The van der Waals surface area contributed by atoms with Crippen molar-refractivity contribution in [2.24, 2.45) is 0 Å². The highest BCUT2D eigenvalue weighted by molar-refractivity contribution is 5.78. The predicted octanol–water partition coefficient (Wildman–Crippen LogP) is 3.42. The summed E-state index contributed by atoms with van der Waals surface area (Å²) >= 11 is 0. The van der Waals surface area contributed by atoms with Crippen molar-refractivity contribution >= 4 is 5.91 Å². The molecule has 1 atom stereocenters. The molecule has 132 valence electrons. The van der Waals surface area contributed by atoms with E-state index in [1.54, 1.807) is 23.1 Å². The molecular weight excluding hydrogens is 321 g/mol. The van der Waals surface area contributed by atoms with Gasteiger partial charge in [0.25, 0.3) is 5.91 Å². The molecule has 0 aromatic heterocycles. The fraction of sp³-hybridized carbons (Fsp3) is 0.350. The van der Waals surface area contributed by atoms with Crippen LogP contribution in [0.2, 0.25) is 0 Å². The van der Waals surface area contributed by atoms with Gasteiger partial charge in [-0.1, -0.05) is 24.3 Å². The molecule has 0 aliphatic carbocycles. The molecule has 1 aliphatic rings. The van der Waals surface area contributed by atoms with Crippen LogP contribution in [0.15, 0.2) is 42.5 Å². The van der Waals surface area contributed by atoms with Gasteiger partial charge in [0, 0.05) is 12.1 Å². The van der Waals surface area contributed by atoms with Crippen LogP contribution in [0.1, 0.15) is 22.8 Å². The van der Waals surface area contributed by atoms with Gasteiger partial charge >= 0.3 is 0 Å². The summed E-state index contributed by atoms with van der Waals surface area (Å²) in [4.78, 5) is 14.1. The van der Waals surface area contributed by atoms with Crippen LogP contribution in [0.5, 0.6) is 5.75 Å². The molecule has 1 unspecified atom stereocenters. The Morgan fingerprint density at radius 2 is 2.04 bits per heavy atom. The molecule has 1 heterocycles. The summed E-state index contributed by atoms with van der Waals surface area (Å²) in [7, 11) is 0. The third kappa shape index (κ3) is 4.17. The summed E-state index contributed by atoms with van der Waals surface area (Å²) in [6, 6.07) is 12.3. The topological polar surface area (TPSA) is 38.8 Å². The van der Waals surface area contributed by atoms with Gasteiger partial charge in [0.15, 0.2) is 6.61 Å². The van der Waals surface area contributed by atoms with E-state index in [9.17, 15) is 9.18 Å². The van der Waals surface area contributed by atoms with E-state index in [0.717, 1.165) is 5.56 Å². The summed E-state index contributed by atoms with van der Waals surface area (Å²) in [6.07, 6.45) is -0.444. The minimum atomic E-state index is -0.444. The van der Waals surface area contributed by atoms with E-state index in [2.05, 4.69) is 0 Å². The predicted molar refractivity (Wildman–Crippen MR) is 93.1 cm³/mol. The van der Waals surface area contributed by atoms with Crippen LogP contribution in [0.4, 0.5) is 4.39 Å². The molecule has 1 aliphatic heterocycles. The second-order valence-corrected chi connectivity index (χ2v) is 6.26. The van der Waals surface area contributed by atoms with E-state index in [1.165, 1.54) is 11.6 Å². The second-order valence-electron chi connectivity index (χ2n) is 6.26. The lowest BCUT2D eigenvalue weighted by Crippen LogP contribution is -2.44. The third-order valence-corrected chi connectivity index (χ3v) is 4.51. The van der Waals surface area contributed by atoms with Crippen LogP contribution in [0.3, 0.4) is 0 Å². The standard InChI is InChI=1S/C20H22FNO3/c1-14-7-8-16(11-15(14)2)25-13-20(23)22-9-10-24-19(12-22)17-5-3-4-6-18(17)21/h3-8,11,19H,9-10,12-13H2,1-2H3. The molecule has 2 aromatic rings. The highest BCUT2D eigenvalue weighted by atomic mass is 19.1. The number of ether oxygens (including phenoxy) is 2. The van der Waals surface area contributed by atoms with Crippen molar-refractivity contribution in [3.63, 3.8) is 0 Å². The summed E-state index contributed by atoms with van der Waals surface area (Å²) in [5.74, 6) is 0.242. The Morgan fingerprint density at radius 3 is 2.80 bits per heavy atom. The number of hydrogen-bond donors (Lipinski definition) is 0. The minimum Gasteiger partial charge on any atom is -0.484 e. The molecule has 2 aromatic carbocycles. The maximum absolute atomic E-state index is 13.9. The number of amides is 1. The van der Waals surface area contributed by atoms with Gasteiger partial charge in [0.2, 0.25) is 0 Å². The number of carbonyl (C=O) groups is 1. The molecule has 0 radical (unpaired) electrons. The first-order valence-corrected chi connectivity index (χ1v) is 8.38. The van der Waals surface area contributed by atoms with Gasteiger partial charge in [-0.2, -0.15) is 0 Å². The van der Waals surface area contributed by atoms with Crippen LogP contribution in [-0.4, -0.2) is 37.1 Å². The number of morpholine rings is 1. The van der Waals surface area contributed by atoms with Crippen LogP contribution in [-0.2, 0) is 9.53 Å². The molecule has 4 nitrogen and oxygen atoms in total. The van der Waals surface area contributed by atoms with Crippen molar-refractivity contribution in [1.82, 2.24) is 4.90 Å². The van der Waals surface area contributed by atoms with Crippen molar-refractivity contribution in [3.05, 3.63) is 65.0 Å². The van der Waals surface area contributed by atoms with E-state index >= 15 is 0 Å². The van der Waals surface area contributed by atoms with Gasteiger partial charge in [-0.25, -0.2) is 4.39 Å². The monoisotopic (exact) mass is 343 g/mol. The Kier molecular flexibility index (Phi) is 5.34. The first-order chi connectivity index (χ1) is 12.0. The smallest absolute Gasteiger partial charge is 0.260 e. The number of carbonyl (C=O) groups excluding carboxylic acids is 1. The summed E-state index contributed by atoms with van der Waals surface area (Å²) in [5.41, 5.74) is 2.78. The van der Waals surface area contributed by atoms with Crippen molar-refractivity contribution in [2.45, 2.75) is 20.0 Å². The Morgan fingerprint density at radius 1 is 1.24 bits per heavy atom. The van der Waals surface area contributed by atoms with Crippen molar-refractivity contribution in [2.75, 3.05) is 26.3 Å². The zero-order valence-corrected chi connectivity index (χ0v) is 14.5. The summed E-state index contributed by atoms with van der Waals surface area (Å²) in [6.45, 7) is 5.20. The fourth-order valence-corrected chi connectivity index (χ4v) is 2.84. The van der Waals surface area contributed by atoms with Crippen molar-refractivity contribution < 1.29 is 18.7 Å². The Hall–Kier alpha value is -2.40. The molecule has 0 spiro atoms. The fourth-order valence-electron chi connectivity index (χ4n) is 2.84. The van der Waals surface area contributed by atoms with E-state index < -0.39 is 6.10 Å². The molecule has 5 heteroatoms. The van der Waals surface area contributed by atoms with E-state index in [0.29, 0.717) is 31.0 Å². The zero-order chi connectivity index (χ0) is 17.8. The molecule has 1 amide bonds. The minimum absolute atomic E-state index is 0.0352. The number of nitrogens with zero attached hydrogens (tertiary/aromatic N) is 1. The van der Waals surface area contributed by atoms with Crippen LogP contribution in [0, 0.1) is 19.7 Å². The van der Waals surface area contributed by atoms with Crippen molar-refractivity contribution in [3.8, 4) is 5.75 Å². The lowest BCUT2D eigenvalue weighted by molar-refractivity contribution is -0.141. The first-order valence-electron chi connectivity index (χ1n) is 8.38. The number of benzene rings is 2. The maximum atomic E-state index is 13.9. The highest BCUT2D eigenvalue weighted by Crippen LogP contribution is 2.24. The van der Waals surface area contributed by atoms with Gasteiger partial charge < -0.3 is 14.4 Å². The van der Waals surface area contributed by atoms with Crippen LogP contribution >= 0.6 is 0 Å². The lowest BCUT2D eigenvalue weighted by atomic mass is 10.1. The Balaban J connectivity index is 1.60. The molecular formula is C20H22FNO3.